The minimum absolute atomic E-state index is 0.692. The fraction of sp³-hybridized carbons (Fsp3) is 0.500. The fourth-order valence-electron chi connectivity index (χ4n) is 2.08. The van der Waals surface area contributed by atoms with Crippen LogP contribution in [0.2, 0.25) is 0 Å². The van der Waals surface area contributed by atoms with E-state index in [1.54, 1.807) is 0 Å². The number of unbranched alkanes of at least 4 members (excludes halogenated alkanes) is 1. The highest BCUT2D eigenvalue weighted by Gasteiger charge is 2.13. The van der Waals surface area contributed by atoms with Crippen molar-refractivity contribution in [1.29, 1.82) is 0 Å². The van der Waals surface area contributed by atoms with Gasteiger partial charge < -0.3 is 5.73 Å². The molecule has 0 aliphatic carbocycles. The van der Waals surface area contributed by atoms with Crippen molar-refractivity contribution in [3.05, 3.63) is 22.7 Å². The third-order valence-electron chi connectivity index (χ3n) is 3.20. The van der Waals surface area contributed by atoms with Crippen LogP contribution < -0.4 is 5.73 Å². The summed E-state index contributed by atoms with van der Waals surface area (Å²) in [4.78, 5) is 0. The van der Waals surface area contributed by atoms with Crippen molar-refractivity contribution in [3.63, 3.8) is 0 Å². The summed E-state index contributed by atoms with van der Waals surface area (Å²) >= 11 is 3.50. The molecule has 2 rings (SSSR count). The molecular formula is C14H20BrN5. The first-order valence-corrected chi connectivity index (χ1v) is 7.69. The molecule has 0 saturated carbocycles. The molecule has 0 unspecified atom stereocenters. The van der Waals surface area contributed by atoms with E-state index in [0.29, 0.717) is 5.69 Å². The SMILES string of the molecule is CC(C)CCCCn1nnnc1-c1cccc(N)c1Br. The number of aromatic nitrogens is 4. The zero-order chi connectivity index (χ0) is 14.5. The molecule has 0 spiro atoms. The zero-order valence-electron chi connectivity index (χ0n) is 11.9. The molecule has 0 amide bonds. The van der Waals surface area contributed by atoms with Gasteiger partial charge >= 0.3 is 0 Å². The molecule has 108 valence electrons. The van der Waals surface area contributed by atoms with E-state index in [4.69, 9.17) is 5.73 Å². The van der Waals surface area contributed by atoms with E-state index >= 15 is 0 Å². The summed E-state index contributed by atoms with van der Waals surface area (Å²) in [6, 6.07) is 5.73. The van der Waals surface area contributed by atoms with Crippen LogP contribution in [0.4, 0.5) is 5.69 Å². The summed E-state index contributed by atoms with van der Waals surface area (Å²) in [6.45, 7) is 5.31. The van der Waals surface area contributed by atoms with E-state index in [1.807, 2.05) is 22.9 Å². The number of rotatable bonds is 6. The summed E-state index contributed by atoms with van der Waals surface area (Å²) in [6.07, 6.45) is 3.50. The maximum atomic E-state index is 5.91. The fourth-order valence-corrected chi connectivity index (χ4v) is 2.53. The van der Waals surface area contributed by atoms with Gasteiger partial charge in [0.15, 0.2) is 5.82 Å². The van der Waals surface area contributed by atoms with E-state index in [9.17, 15) is 0 Å². The molecule has 1 heterocycles. The summed E-state index contributed by atoms with van der Waals surface area (Å²) in [5.74, 6) is 1.50. The highest BCUT2D eigenvalue weighted by Crippen LogP contribution is 2.30. The number of nitrogen functional groups attached to an aromatic ring is 1. The lowest BCUT2D eigenvalue weighted by Crippen LogP contribution is -2.04. The topological polar surface area (TPSA) is 69.6 Å². The second-order valence-electron chi connectivity index (χ2n) is 5.32. The minimum Gasteiger partial charge on any atom is -0.398 e. The normalized spacial score (nSPS) is 11.2. The van der Waals surface area contributed by atoms with E-state index < -0.39 is 0 Å². The predicted molar refractivity (Wildman–Crippen MR) is 84.1 cm³/mol. The Hall–Kier alpha value is -1.43. The summed E-state index contributed by atoms with van der Waals surface area (Å²) in [7, 11) is 0. The Labute approximate surface area is 127 Å². The molecule has 1 aromatic carbocycles. The zero-order valence-corrected chi connectivity index (χ0v) is 13.5. The Morgan fingerprint density at radius 2 is 2.10 bits per heavy atom. The van der Waals surface area contributed by atoms with E-state index in [2.05, 4.69) is 45.3 Å². The van der Waals surface area contributed by atoms with Crippen molar-refractivity contribution in [2.45, 2.75) is 39.7 Å². The van der Waals surface area contributed by atoms with Crippen LogP contribution >= 0.6 is 15.9 Å². The molecule has 0 atom stereocenters. The first-order valence-electron chi connectivity index (χ1n) is 6.90. The van der Waals surface area contributed by atoms with Gasteiger partial charge in [-0.15, -0.1) is 5.10 Å². The van der Waals surface area contributed by atoms with Gasteiger partial charge in [0.25, 0.3) is 0 Å². The maximum Gasteiger partial charge on any atom is 0.183 e. The Kier molecular flexibility index (Phi) is 5.11. The molecule has 0 aliphatic rings. The average molecular weight is 338 g/mol. The van der Waals surface area contributed by atoms with Crippen molar-refractivity contribution < 1.29 is 0 Å². The number of aryl methyl sites for hydroxylation is 1. The number of nitrogens with two attached hydrogens (primary N) is 1. The standard InChI is InChI=1S/C14H20BrN5/c1-10(2)6-3-4-9-20-14(17-18-19-20)11-7-5-8-12(16)13(11)15/h5,7-8,10H,3-4,6,9,16H2,1-2H3. The molecule has 0 aliphatic heterocycles. The van der Waals surface area contributed by atoms with Crippen LogP contribution in [0.1, 0.15) is 33.1 Å². The highest BCUT2D eigenvalue weighted by atomic mass is 79.9. The smallest absolute Gasteiger partial charge is 0.183 e. The maximum absolute atomic E-state index is 5.91. The first-order chi connectivity index (χ1) is 9.59. The van der Waals surface area contributed by atoms with Gasteiger partial charge in [-0.25, -0.2) is 4.68 Å². The van der Waals surface area contributed by atoms with Gasteiger partial charge in [-0.05, 0) is 50.8 Å². The Bertz CT molecular complexity index is 564. The van der Waals surface area contributed by atoms with Crippen molar-refractivity contribution in [2.75, 3.05) is 5.73 Å². The molecule has 20 heavy (non-hydrogen) atoms. The largest absolute Gasteiger partial charge is 0.398 e. The molecule has 1 aromatic heterocycles. The number of hydrogen-bond donors (Lipinski definition) is 1. The van der Waals surface area contributed by atoms with E-state index in [0.717, 1.165) is 34.7 Å². The molecular weight excluding hydrogens is 318 g/mol. The van der Waals surface area contributed by atoms with Gasteiger partial charge in [0, 0.05) is 17.8 Å². The molecule has 2 aromatic rings. The lowest BCUT2D eigenvalue weighted by atomic mass is 10.1. The lowest BCUT2D eigenvalue weighted by Gasteiger charge is -2.08. The summed E-state index contributed by atoms with van der Waals surface area (Å²) in [5.41, 5.74) is 7.53. The van der Waals surface area contributed by atoms with Crippen LogP contribution in [0, 0.1) is 5.92 Å². The Morgan fingerprint density at radius 1 is 1.30 bits per heavy atom. The predicted octanol–water partition coefficient (Wildman–Crippen LogP) is 3.51. The summed E-state index contributed by atoms with van der Waals surface area (Å²) in [5, 5.41) is 12.0. The average Bonchev–Trinajstić information content (AvgIpc) is 2.86. The van der Waals surface area contributed by atoms with Crippen molar-refractivity contribution >= 4 is 21.6 Å². The minimum atomic E-state index is 0.692. The number of halogens is 1. The van der Waals surface area contributed by atoms with Gasteiger partial charge in [-0.1, -0.05) is 32.8 Å². The Morgan fingerprint density at radius 3 is 2.85 bits per heavy atom. The van der Waals surface area contributed by atoms with Crippen molar-refractivity contribution in [1.82, 2.24) is 20.2 Å². The number of hydrogen-bond acceptors (Lipinski definition) is 4. The molecule has 0 fully saturated rings. The van der Waals surface area contributed by atoms with Gasteiger partial charge in [0.2, 0.25) is 0 Å². The highest BCUT2D eigenvalue weighted by molar-refractivity contribution is 9.10. The second kappa shape index (κ2) is 6.83. The number of anilines is 1. The molecule has 2 N–H and O–H groups in total. The van der Waals surface area contributed by atoms with Crippen LogP contribution in [0.5, 0.6) is 0 Å². The lowest BCUT2D eigenvalue weighted by molar-refractivity contribution is 0.487. The quantitative estimate of drug-likeness (QED) is 0.646. The Balaban J connectivity index is 2.10. The van der Waals surface area contributed by atoms with Crippen LogP contribution in [0.25, 0.3) is 11.4 Å². The van der Waals surface area contributed by atoms with E-state index in [1.165, 1.54) is 12.8 Å². The van der Waals surface area contributed by atoms with Gasteiger partial charge in [-0.2, -0.15) is 0 Å². The van der Waals surface area contributed by atoms with Crippen molar-refractivity contribution in [2.24, 2.45) is 5.92 Å². The molecule has 0 bridgehead atoms. The number of tetrazole rings is 1. The van der Waals surface area contributed by atoms with Crippen LogP contribution in [-0.2, 0) is 6.54 Å². The third-order valence-corrected chi connectivity index (χ3v) is 4.09. The molecule has 0 radical (unpaired) electrons. The van der Waals surface area contributed by atoms with Crippen LogP contribution in [-0.4, -0.2) is 20.2 Å². The third kappa shape index (κ3) is 3.56. The summed E-state index contributed by atoms with van der Waals surface area (Å²) < 4.78 is 2.69. The van der Waals surface area contributed by atoms with Crippen LogP contribution in [0.15, 0.2) is 22.7 Å². The molecule has 5 nitrogen and oxygen atoms in total. The van der Waals surface area contributed by atoms with Crippen molar-refractivity contribution in [3.8, 4) is 11.4 Å². The van der Waals surface area contributed by atoms with Gasteiger partial charge in [0.1, 0.15) is 0 Å². The molecule has 6 heteroatoms. The van der Waals surface area contributed by atoms with Crippen LogP contribution in [0.3, 0.4) is 0 Å². The van der Waals surface area contributed by atoms with Gasteiger partial charge in [0.05, 0.1) is 4.47 Å². The van der Waals surface area contributed by atoms with E-state index in [-0.39, 0.29) is 0 Å². The number of nitrogens with zero attached hydrogens (tertiary/aromatic N) is 4. The second-order valence-corrected chi connectivity index (χ2v) is 6.12. The first kappa shape index (κ1) is 15.0. The number of benzene rings is 1. The molecule has 0 saturated heterocycles. The van der Waals surface area contributed by atoms with Gasteiger partial charge in [-0.3, -0.25) is 0 Å². The monoisotopic (exact) mass is 337 g/mol.